The molecule has 0 aromatic heterocycles. The van der Waals surface area contributed by atoms with Crippen LogP contribution in [0.1, 0.15) is 13.3 Å². The molecule has 2 N–H and O–H groups in total. The molecule has 21 heavy (non-hydrogen) atoms. The number of hydrogen-bond donors (Lipinski definition) is 2. The molecule has 0 spiro atoms. The van der Waals surface area contributed by atoms with E-state index in [1.54, 1.807) is 0 Å². The van der Waals surface area contributed by atoms with Crippen molar-refractivity contribution >= 4 is 29.1 Å². The van der Waals surface area contributed by atoms with Gasteiger partial charge in [-0.2, -0.15) is 0 Å². The maximum Gasteiger partial charge on any atom is 0.313 e. The zero-order valence-electron chi connectivity index (χ0n) is 11.5. The van der Waals surface area contributed by atoms with E-state index < -0.39 is 23.7 Å². The highest BCUT2D eigenvalue weighted by Gasteiger charge is 2.30. The van der Waals surface area contributed by atoms with Crippen LogP contribution < -0.4 is 5.32 Å². The fraction of sp³-hybridized carbons (Fsp3) is 0.429. The second kappa shape index (κ2) is 6.41. The van der Waals surface area contributed by atoms with Crippen LogP contribution in [-0.4, -0.2) is 41.0 Å². The minimum absolute atomic E-state index is 0.0964. The number of likely N-dealkylation sites (tertiary alicyclic amines) is 1. The lowest BCUT2D eigenvalue weighted by Crippen LogP contribution is -2.49. The number of halogens is 2. The Kier molecular flexibility index (Phi) is 4.80. The van der Waals surface area contributed by atoms with E-state index in [1.165, 1.54) is 11.0 Å². The summed E-state index contributed by atoms with van der Waals surface area (Å²) < 4.78 is 13.2. The average Bonchev–Trinajstić information content (AvgIpc) is 2.39. The molecule has 1 aromatic rings. The number of carbonyl (C=O) groups is 2. The van der Waals surface area contributed by atoms with E-state index in [0.29, 0.717) is 13.0 Å². The molecule has 1 aliphatic rings. The number of amides is 2. The van der Waals surface area contributed by atoms with Crippen LogP contribution in [0, 0.1) is 11.7 Å². The molecule has 2 amide bonds. The van der Waals surface area contributed by atoms with Gasteiger partial charge >= 0.3 is 11.8 Å². The molecule has 1 aromatic carbocycles. The summed E-state index contributed by atoms with van der Waals surface area (Å²) in [6, 6.07) is 3.52. The topological polar surface area (TPSA) is 69.6 Å². The van der Waals surface area contributed by atoms with Gasteiger partial charge in [0.15, 0.2) is 0 Å². The third-order valence-corrected chi connectivity index (χ3v) is 3.74. The largest absolute Gasteiger partial charge is 0.391 e. The normalized spacial score (nSPS) is 22.0. The maximum absolute atomic E-state index is 13.2. The molecule has 2 rings (SSSR count). The molecule has 0 saturated carbocycles. The van der Waals surface area contributed by atoms with E-state index in [1.807, 2.05) is 6.92 Å². The predicted octanol–water partition coefficient (Wildman–Crippen LogP) is 1.65. The molecule has 5 nitrogen and oxygen atoms in total. The van der Waals surface area contributed by atoms with Crippen LogP contribution >= 0.6 is 11.6 Å². The number of rotatable bonds is 1. The van der Waals surface area contributed by atoms with Crippen molar-refractivity contribution in [3.8, 4) is 0 Å². The predicted molar refractivity (Wildman–Crippen MR) is 76.4 cm³/mol. The smallest absolute Gasteiger partial charge is 0.313 e. The number of piperidine rings is 1. The summed E-state index contributed by atoms with van der Waals surface area (Å²) in [6.07, 6.45) is -0.00878. The third-order valence-electron chi connectivity index (χ3n) is 3.52. The van der Waals surface area contributed by atoms with Crippen LogP contribution in [0.4, 0.5) is 10.1 Å². The minimum atomic E-state index is -0.876. The van der Waals surface area contributed by atoms with Gasteiger partial charge in [0.05, 0.1) is 6.10 Å². The van der Waals surface area contributed by atoms with Crippen LogP contribution in [0.5, 0.6) is 0 Å². The van der Waals surface area contributed by atoms with Crippen LogP contribution in [0.15, 0.2) is 18.2 Å². The van der Waals surface area contributed by atoms with Crippen molar-refractivity contribution in [2.45, 2.75) is 19.4 Å². The SMILES string of the molecule is CC1CCN(C(=O)C(=O)Nc2cc(F)cc(Cl)c2)CC1O. The van der Waals surface area contributed by atoms with E-state index >= 15 is 0 Å². The summed E-state index contributed by atoms with van der Waals surface area (Å²) in [6.45, 7) is 2.42. The Balaban J connectivity index is 2.01. The second-order valence-electron chi connectivity index (χ2n) is 5.20. The molecule has 1 saturated heterocycles. The molecule has 7 heteroatoms. The van der Waals surface area contributed by atoms with Gasteiger partial charge in [-0.3, -0.25) is 9.59 Å². The van der Waals surface area contributed by atoms with Crippen molar-refractivity contribution in [1.29, 1.82) is 0 Å². The Morgan fingerprint density at radius 2 is 2.14 bits per heavy atom. The first-order valence-electron chi connectivity index (χ1n) is 6.61. The number of β-amino-alcohol motifs (C(OH)–C–C–N with tert-alkyl or cyclic N) is 1. The summed E-state index contributed by atoms with van der Waals surface area (Å²) in [5.74, 6) is -2.13. The Morgan fingerprint density at radius 1 is 1.43 bits per heavy atom. The van der Waals surface area contributed by atoms with E-state index in [9.17, 15) is 19.1 Å². The standard InChI is InChI=1S/C14H16ClFN2O3/c1-8-2-3-18(7-12(8)19)14(21)13(20)17-11-5-9(15)4-10(16)6-11/h4-6,8,12,19H,2-3,7H2,1H3,(H,17,20). The van der Waals surface area contributed by atoms with Gasteiger partial charge < -0.3 is 15.3 Å². The number of hydrogen-bond acceptors (Lipinski definition) is 3. The molecule has 1 aliphatic heterocycles. The Hall–Kier alpha value is -1.66. The van der Waals surface area contributed by atoms with Crippen LogP contribution in [0.3, 0.4) is 0 Å². The van der Waals surface area contributed by atoms with Crippen LogP contribution in [0.25, 0.3) is 0 Å². The fourth-order valence-electron chi connectivity index (χ4n) is 2.19. The monoisotopic (exact) mass is 314 g/mol. The summed E-state index contributed by atoms with van der Waals surface area (Å²) in [5.41, 5.74) is 0.115. The minimum Gasteiger partial charge on any atom is -0.391 e. The molecule has 114 valence electrons. The third kappa shape index (κ3) is 3.92. The average molecular weight is 315 g/mol. The molecule has 2 atom stereocenters. The number of aliphatic hydroxyl groups excluding tert-OH is 1. The molecule has 1 fully saturated rings. The van der Waals surface area contributed by atoms with Gasteiger partial charge in [-0.15, -0.1) is 0 Å². The zero-order chi connectivity index (χ0) is 15.6. The van der Waals surface area contributed by atoms with Crippen molar-refractivity contribution in [2.75, 3.05) is 18.4 Å². The highest BCUT2D eigenvalue weighted by Crippen LogP contribution is 2.19. The number of carbonyl (C=O) groups excluding carboxylic acids is 2. The van der Waals surface area contributed by atoms with Gasteiger partial charge in [0.1, 0.15) is 5.82 Å². The van der Waals surface area contributed by atoms with Crippen molar-refractivity contribution in [2.24, 2.45) is 5.92 Å². The summed E-state index contributed by atoms with van der Waals surface area (Å²) >= 11 is 5.68. The highest BCUT2D eigenvalue weighted by molar-refractivity contribution is 6.39. The lowest BCUT2D eigenvalue weighted by Gasteiger charge is -2.33. The van der Waals surface area contributed by atoms with Gasteiger partial charge in [-0.05, 0) is 30.5 Å². The lowest BCUT2D eigenvalue weighted by atomic mass is 9.96. The van der Waals surface area contributed by atoms with Crippen LogP contribution in [0.2, 0.25) is 5.02 Å². The van der Waals surface area contributed by atoms with Crippen molar-refractivity contribution in [1.82, 2.24) is 4.90 Å². The number of nitrogens with zero attached hydrogens (tertiary/aromatic N) is 1. The van der Waals surface area contributed by atoms with E-state index in [4.69, 9.17) is 11.6 Å². The molecule has 0 radical (unpaired) electrons. The van der Waals surface area contributed by atoms with Gasteiger partial charge in [0.2, 0.25) is 0 Å². The molecule has 0 bridgehead atoms. The summed E-state index contributed by atoms with van der Waals surface area (Å²) in [4.78, 5) is 25.2. The zero-order valence-corrected chi connectivity index (χ0v) is 12.2. The Morgan fingerprint density at radius 3 is 2.76 bits per heavy atom. The summed E-state index contributed by atoms with van der Waals surface area (Å²) in [7, 11) is 0. The fourth-order valence-corrected chi connectivity index (χ4v) is 2.41. The number of nitrogens with one attached hydrogen (secondary N) is 1. The van der Waals surface area contributed by atoms with E-state index in [2.05, 4.69) is 5.32 Å². The van der Waals surface area contributed by atoms with Gasteiger partial charge in [-0.1, -0.05) is 18.5 Å². The molecule has 0 aliphatic carbocycles. The number of aliphatic hydroxyl groups is 1. The Labute approximate surface area is 126 Å². The van der Waals surface area contributed by atoms with Gasteiger partial charge in [-0.25, -0.2) is 4.39 Å². The van der Waals surface area contributed by atoms with Crippen molar-refractivity contribution < 1.29 is 19.1 Å². The summed E-state index contributed by atoms with van der Waals surface area (Å²) in [5, 5.41) is 12.2. The first-order valence-corrected chi connectivity index (χ1v) is 6.99. The van der Waals surface area contributed by atoms with Crippen molar-refractivity contribution in [3.05, 3.63) is 29.0 Å². The molecular weight excluding hydrogens is 299 g/mol. The van der Waals surface area contributed by atoms with Gasteiger partial charge in [0, 0.05) is 23.8 Å². The van der Waals surface area contributed by atoms with Gasteiger partial charge in [0.25, 0.3) is 0 Å². The number of anilines is 1. The molecule has 1 heterocycles. The second-order valence-corrected chi connectivity index (χ2v) is 5.63. The lowest BCUT2D eigenvalue weighted by molar-refractivity contribution is -0.146. The number of benzene rings is 1. The maximum atomic E-state index is 13.2. The molecular formula is C14H16ClFN2O3. The van der Waals surface area contributed by atoms with Crippen LogP contribution in [-0.2, 0) is 9.59 Å². The van der Waals surface area contributed by atoms with E-state index in [0.717, 1.165) is 12.1 Å². The Bertz CT molecular complexity index is 547. The first kappa shape index (κ1) is 15.7. The van der Waals surface area contributed by atoms with Crippen molar-refractivity contribution in [3.63, 3.8) is 0 Å². The highest BCUT2D eigenvalue weighted by atomic mass is 35.5. The van der Waals surface area contributed by atoms with E-state index in [-0.39, 0.29) is 23.2 Å². The quantitative estimate of drug-likeness (QED) is 0.774. The first-order chi connectivity index (χ1) is 9.86. The molecule has 2 unspecified atom stereocenters.